The molecule has 2 aromatic rings. The van der Waals surface area contributed by atoms with Crippen molar-refractivity contribution in [2.75, 3.05) is 33.6 Å². The Hall–Kier alpha value is -3.66. The van der Waals surface area contributed by atoms with Gasteiger partial charge in [0.05, 0.1) is 18.6 Å². The first-order valence-corrected chi connectivity index (χ1v) is 11.1. The number of imide groups is 1. The number of fused-ring (bicyclic) bond motifs is 1. The summed E-state index contributed by atoms with van der Waals surface area (Å²) in [5.74, 6) is 1.48. The molecular formula is C23H22N2O7S. The second-order valence-corrected chi connectivity index (χ2v) is 7.99. The maximum atomic E-state index is 12.7. The molecular weight excluding hydrogens is 448 g/mol. The Morgan fingerprint density at radius 3 is 2.76 bits per heavy atom. The van der Waals surface area contributed by atoms with Crippen LogP contribution in [0, 0.1) is 0 Å². The van der Waals surface area contributed by atoms with E-state index in [-0.39, 0.29) is 31.0 Å². The largest absolute Gasteiger partial charge is 0.493 e. The average molecular weight is 471 g/mol. The van der Waals surface area contributed by atoms with E-state index >= 15 is 0 Å². The van der Waals surface area contributed by atoms with Gasteiger partial charge in [-0.2, -0.15) is 0 Å². The number of amides is 3. The van der Waals surface area contributed by atoms with Gasteiger partial charge in [0.1, 0.15) is 0 Å². The number of carbonyl (C=O) groups is 3. The van der Waals surface area contributed by atoms with Gasteiger partial charge in [-0.15, -0.1) is 0 Å². The molecule has 1 N–H and O–H groups in total. The van der Waals surface area contributed by atoms with Gasteiger partial charge in [-0.05, 0) is 60.7 Å². The van der Waals surface area contributed by atoms with Gasteiger partial charge in [0, 0.05) is 18.7 Å². The predicted molar refractivity (Wildman–Crippen MR) is 122 cm³/mol. The van der Waals surface area contributed by atoms with Crippen molar-refractivity contribution in [2.45, 2.75) is 6.92 Å². The molecule has 1 fully saturated rings. The van der Waals surface area contributed by atoms with Gasteiger partial charge in [-0.3, -0.25) is 19.3 Å². The van der Waals surface area contributed by atoms with Crippen LogP contribution in [-0.4, -0.2) is 55.6 Å². The molecule has 0 aliphatic carbocycles. The Labute approximate surface area is 194 Å². The lowest BCUT2D eigenvalue weighted by Crippen LogP contribution is -2.37. The molecule has 33 heavy (non-hydrogen) atoms. The molecule has 2 aromatic carbocycles. The molecule has 0 bridgehead atoms. The minimum atomic E-state index is -0.407. The molecule has 2 aliphatic heterocycles. The summed E-state index contributed by atoms with van der Waals surface area (Å²) < 4.78 is 21.3. The van der Waals surface area contributed by atoms with Crippen LogP contribution >= 0.6 is 11.8 Å². The van der Waals surface area contributed by atoms with E-state index in [4.69, 9.17) is 18.9 Å². The van der Waals surface area contributed by atoms with E-state index in [0.717, 1.165) is 16.7 Å². The lowest BCUT2D eigenvalue weighted by Gasteiger charge is -2.13. The van der Waals surface area contributed by atoms with E-state index < -0.39 is 5.91 Å². The number of carbonyl (C=O) groups excluding carboxylic acids is 3. The van der Waals surface area contributed by atoms with Crippen molar-refractivity contribution in [2.24, 2.45) is 0 Å². The van der Waals surface area contributed by atoms with Crippen molar-refractivity contribution in [3.05, 3.63) is 52.4 Å². The average Bonchev–Trinajstić information content (AvgIpc) is 3.39. The Balaban J connectivity index is 1.37. The third-order valence-corrected chi connectivity index (χ3v) is 5.82. The first kappa shape index (κ1) is 22.5. The highest BCUT2D eigenvalue weighted by Crippen LogP contribution is 2.35. The van der Waals surface area contributed by atoms with Gasteiger partial charge in [-0.25, -0.2) is 0 Å². The van der Waals surface area contributed by atoms with Gasteiger partial charge in [0.25, 0.3) is 17.1 Å². The van der Waals surface area contributed by atoms with Crippen molar-refractivity contribution in [3.63, 3.8) is 0 Å². The van der Waals surface area contributed by atoms with E-state index in [0.29, 0.717) is 45.6 Å². The normalized spacial score (nSPS) is 15.8. The molecule has 2 aliphatic rings. The lowest BCUT2D eigenvalue weighted by molar-refractivity contribution is -0.122. The summed E-state index contributed by atoms with van der Waals surface area (Å²) in [4.78, 5) is 38.9. The third-order valence-electron chi connectivity index (χ3n) is 4.91. The summed E-state index contributed by atoms with van der Waals surface area (Å²) in [7, 11) is 1.54. The van der Waals surface area contributed by atoms with Crippen LogP contribution in [0.15, 0.2) is 41.3 Å². The molecule has 3 amide bonds. The minimum Gasteiger partial charge on any atom is -0.493 e. The molecule has 0 unspecified atom stereocenters. The van der Waals surface area contributed by atoms with Crippen LogP contribution in [-0.2, 0) is 4.79 Å². The van der Waals surface area contributed by atoms with Gasteiger partial charge >= 0.3 is 0 Å². The second kappa shape index (κ2) is 9.86. The van der Waals surface area contributed by atoms with Gasteiger partial charge in [0.15, 0.2) is 23.0 Å². The van der Waals surface area contributed by atoms with Crippen LogP contribution in [0.1, 0.15) is 22.8 Å². The molecule has 1 saturated heterocycles. The zero-order valence-corrected chi connectivity index (χ0v) is 18.9. The van der Waals surface area contributed by atoms with E-state index in [1.165, 1.54) is 7.11 Å². The van der Waals surface area contributed by atoms with Crippen LogP contribution in [0.3, 0.4) is 0 Å². The molecule has 2 heterocycles. The van der Waals surface area contributed by atoms with Crippen LogP contribution < -0.4 is 24.3 Å². The standard InChI is InChI=1S/C23H22N2O7S/c1-3-30-16-6-4-14(10-18(16)29-2)11-20-22(27)25(23(28)33-20)9-8-24-21(26)15-5-7-17-19(12-15)32-13-31-17/h4-7,10-12H,3,8-9,13H2,1-2H3,(H,24,26)/b20-11-. The van der Waals surface area contributed by atoms with Gasteiger partial charge in [0.2, 0.25) is 6.79 Å². The number of hydrogen-bond donors (Lipinski definition) is 1. The number of hydrogen-bond acceptors (Lipinski definition) is 8. The highest BCUT2D eigenvalue weighted by Gasteiger charge is 2.34. The maximum absolute atomic E-state index is 12.7. The molecule has 0 aromatic heterocycles. The maximum Gasteiger partial charge on any atom is 0.293 e. The van der Waals surface area contributed by atoms with Crippen LogP contribution in [0.2, 0.25) is 0 Å². The van der Waals surface area contributed by atoms with Crippen LogP contribution in [0.5, 0.6) is 23.0 Å². The predicted octanol–water partition coefficient (Wildman–Crippen LogP) is 3.29. The molecule has 4 rings (SSSR count). The molecule has 0 spiro atoms. The van der Waals surface area contributed by atoms with Crippen LogP contribution in [0.4, 0.5) is 4.79 Å². The summed E-state index contributed by atoms with van der Waals surface area (Å²) >= 11 is 0.857. The number of rotatable bonds is 8. The van der Waals surface area contributed by atoms with E-state index in [1.54, 1.807) is 42.5 Å². The number of nitrogens with one attached hydrogen (secondary N) is 1. The summed E-state index contributed by atoms with van der Waals surface area (Å²) in [5, 5.41) is 2.33. The Morgan fingerprint density at radius 1 is 1.15 bits per heavy atom. The summed E-state index contributed by atoms with van der Waals surface area (Å²) in [5.41, 5.74) is 1.11. The molecule has 172 valence electrons. The van der Waals surface area contributed by atoms with Crippen molar-refractivity contribution >= 4 is 34.9 Å². The van der Waals surface area contributed by atoms with E-state index in [2.05, 4.69) is 5.32 Å². The summed E-state index contributed by atoms with van der Waals surface area (Å²) in [6.45, 7) is 2.68. The number of benzene rings is 2. The zero-order chi connectivity index (χ0) is 23.4. The van der Waals surface area contributed by atoms with E-state index in [9.17, 15) is 14.4 Å². The monoisotopic (exact) mass is 470 g/mol. The number of thioether (sulfide) groups is 1. The quantitative estimate of drug-likeness (QED) is 0.587. The third kappa shape index (κ3) is 4.90. The molecule has 0 saturated carbocycles. The SMILES string of the molecule is CCOc1ccc(/C=C2\SC(=O)N(CCNC(=O)c3ccc4c(c3)OCO4)C2=O)cc1OC. The highest BCUT2D eigenvalue weighted by atomic mass is 32.2. The minimum absolute atomic E-state index is 0.0604. The number of methoxy groups -OCH3 is 1. The molecule has 0 radical (unpaired) electrons. The van der Waals surface area contributed by atoms with E-state index in [1.807, 2.05) is 6.92 Å². The number of ether oxygens (including phenoxy) is 4. The molecule has 10 heteroatoms. The Morgan fingerprint density at radius 2 is 1.97 bits per heavy atom. The highest BCUT2D eigenvalue weighted by molar-refractivity contribution is 8.18. The van der Waals surface area contributed by atoms with Crippen molar-refractivity contribution < 1.29 is 33.3 Å². The molecule has 9 nitrogen and oxygen atoms in total. The Bertz CT molecular complexity index is 1130. The fraction of sp³-hybridized carbons (Fsp3) is 0.261. The first-order chi connectivity index (χ1) is 16.0. The Kier molecular flexibility index (Phi) is 6.74. The van der Waals surface area contributed by atoms with Gasteiger partial charge in [-0.1, -0.05) is 6.07 Å². The van der Waals surface area contributed by atoms with Crippen molar-refractivity contribution in [3.8, 4) is 23.0 Å². The van der Waals surface area contributed by atoms with Crippen molar-refractivity contribution in [1.29, 1.82) is 0 Å². The molecule has 0 atom stereocenters. The van der Waals surface area contributed by atoms with Gasteiger partial charge < -0.3 is 24.3 Å². The van der Waals surface area contributed by atoms with Crippen LogP contribution in [0.25, 0.3) is 6.08 Å². The smallest absolute Gasteiger partial charge is 0.293 e. The first-order valence-electron chi connectivity index (χ1n) is 10.2. The second-order valence-electron chi connectivity index (χ2n) is 7.00. The zero-order valence-electron chi connectivity index (χ0n) is 18.1. The lowest BCUT2D eigenvalue weighted by atomic mass is 10.2. The summed E-state index contributed by atoms with van der Waals surface area (Å²) in [6.07, 6.45) is 1.63. The number of nitrogens with zero attached hydrogens (tertiary/aromatic N) is 1. The fourth-order valence-electron chi connectivity index (χ4n) is 3.31. The summed E-state index contributed by atoms with van der Waals surface area (Å²) in [6, 6.07) is 10.2. The topological polar surface area (TPSA) is 103 Å². The fourth-order valence-corrected chi connectivity index (χ4v) is 4.18. The van der Waals surface area contributed by atoms with Crippen molar-refractivity contribution in [1.82, 2.24) is 10.2 Å².